The Hall–Kier alpha value is -3.02. The summed E-state index contributed by atoms with van der Waals surface area (Å²) in [4.78, 5) is 14.7. The summed E-state index contributed by atoms with van der Waals surface area (Å²) in [5, 5.41) is 4.38. The predicted molar refractivity (Wildman–Crippen MR) is 107 cm³/mol. The standard InChI is InChI=1S/C23H23F2N3O/c1-27-22(18-4-8-20(25)9-5-18)15-21(26-27)23(29)28-12-10-17(11-13-28)14-16-2-6-19(24)7-3-16/h2-9,15,17H,10-14H2,1H3. The van der Waals surface area contributed by atoms with Crippen LogP contribution in [-0.4, -0.2) is 33.7 Å². The molecule has 1 aliphatic rings. The molecule has 2 heterocycles. The summed E-state index contributed by atoms with van der Waals surface area (Å²) in [5.41, 5.74) is 3.13. The maximum atomic E-state index is 13.2. The summed E-state index contributed by atoms with van der Waals surface area (Å²) in [6, 6.07) is 14.6. The van der Waals surface area contributed by atoms with Crippen LogP contribution in [0.5, 0.6) is 0 Å². The Morgan fingerprint density at radius 3 is 2.21 bits per heavy atom. The van der Waals surface area contributed by atoms with Crippen molar-refractivity contribution >= 4 is 5.91 Å². The summed E-state index contributed by atoms with van der Waals surface area (Å²) in [6.07, 6.45) is 2.74. The molecule has 1 saturated heterocycles. The first kappa shape index (κ1) is 19.3. The third kappa shape index (κ3) is 4.36. The summed E-state index contributed by atoms with van der Waals surface area (Å²) in [7, 11) is 1.78. The number of nitrogens with zero attached hydrogens (tertiary/aromatic N) is 3. The van der Waals surface area contributed by atoms with E-state index in [0.29, 0.717) is 24.7 Å². The van der Waals surface area contributed by atoms with Gasteiger partial charge >= 0.3 is 0 Å². The van der Waals surface area contributed by atoms with Crippen molar-refractivity contribution in [3.05, 3.63) is 77.5 Å². The van der Waals surface area contributed by atoms with Crippen molar-refractivity contribution < 1.29 is 13.6 Å². The van der Waals surface area contributed by atoms with Gasteiger partial charge in [0.15, 0.2) is 5.69 Å². The fraction of sp³-hybridized carbons (Fsp3) is 0.304. The van der Waals surface area contributed by atoms with Crippen molar-refractivity contribution in [1.29, 1.82) is 0 Å². The quantitative estimate of drug-likeness (QED) is 0.654. The molecule has 0 bridgehead atoms. The van der Waals surface area contributed by atoms with Gasteiger partial charge in [0.1, 0.15) is 11.6 Å². The monoisotopic (exact) mass is 395 g/mol. The lowest BCUT2D eigenvalue weighted by Crippen LogP contribution is -2.39. The van der Waals surface area contributed by atoms with Gasteiger partial charge in [0, 0.05) is 20.1 Å². The molecule has 1 aliphatic heterocycles. The number of piperidine rings is 1. The highest BCUT2D eigenvalue weighted by Gasteiger charge is 2.26. The molecule has 6 heteroatoms. The first-order valence-electron chi connectivity index (χ1n) is 9.83. The highest BCUT2D eigenvalue weighted by molar-refractivity contribution is 5.93. The van der Waals surface area contributed by atoms with Gasteiger partial charge in [-0.25, -0.2) is 8.78 Å². The molecular formula is C23H23F2N3O. The van der Waals surface area contributed by atoms with Crippen molar-refractivity contribution in [3.8, 4) is 11.3 Å². The molecule has 4 rings (SSSR count). The molecule has 150 valence electrons. The van der Waals surface area contributed by atoms with Gasteiger partial charge in [-0.15, -0.1) is 0 Å². The van der Waals surface area contributed by atoms with Crippen molar-refractivity contribution in [2.45, 2.75) is 19.3 Å². The van der Waals surface area contributed by atoms with E-state index in [1.165, 1.54) is 24.3 Å². The van der Waals surface area contributed by atoms with Crippen LogP contribution < -0.4 is 0 Å². The molecule has 1 fully saturated rings. The average Bonchev–Trinajstić information content (AvgIpc) is 3.12. The smallest absolute Gasteiger partial charge is 0.274 e. The molecule has 29 heavy (non-hydrogen) atoms. The second-order valence-electron chi connectivity index (χ2n) is 7.61. The van der Waals surface area contributed by atoms with Gasteiger partial charge in [0.2, 0.25) is 0 Å². The number of benzene rings is 2. The van der Waals surface area contributed by atoms with Gasteiger partial charge < -0.3 is 4.90 Å². The number of carbonyl (C=O) groups excluding carboxylic acids is 1. The lowest BCUT2D eigenvalue weighted by molar-refractivity contribution is 0.0684. The Labute approximate surface area is 168 Å². The molecule has 0 spiro atoms. The molecule has 3 aromatic rings. The average molecular weight is 395 g/mol. The van der Waals surface area contributed by atoms with Crippen LogP contribution in [0.25, 0.3) is 11.3 Å². The molecule has 0 aliphatic carbocycles. The minimum atomic E-state index is -0.296. The SMILES string of the molecule is Cn1nc(C(=O)N2CCC(Cc3ccc(F)cc3)CC2)cc1-c1ccc(F)cc1. The minimum Gasteiger partial charge on any atom is -0.337 e. The maximum absolute atomic E-state index is 13.2. The summed E-state index contributed by atoms with van der Waals surface area (Å²) >= 11 is 0. The molecular weight excluding hydrogens is 372 g/mol. The first-order valence-corrected chi connectivity index (χ1v) is 9.83. The van der Waals surface area contributed by atoms with Crippen molar-refractivity contribution in [2.24, 2.45) is 13.0 Å². The Morgan fingerprint density at radius 2 is 1.59 bits per heavy atom. The van der Waals surface area contributed by atoms with Gasteiger partial charge in [-0.05, 0) is 78.8 Å². The Balaban J connectivity index is 1.39. The van der Waals surface area contributed by atoms with Crippen LogP contribution in [0.1, 0.15) is 28.9 Å². The second kappa shape index (κ2) is 8.15. The largest absolute Gasteiger partial charge is 0.337 e. The third-order valence-corrected chi connectivity index (χ3v) is 5.58. The minimum absolute atomic E-state index is 0.0748. The van der Waals surface area contributed by atoms with E-state index >= 15 is 0 Å². The zero-order valence-electron chi connectivity index (χ0n) is 16.3. The number of rotatable bonds is 4. The lowest BCUT2D eigenvalue weighted by Gasteiger charge is -2.31. The number of aryl methyl sites for hydroxylation is 1. The van der Waals surface area contributed by atoms with E-state index in [4.69, 9.17) is 0 Å². The Kier molecular flexibility index (Phi) is 5.43. The van der Waals surface area contributed by atoms with Gasteiger partial charge in [-0.1, -0.05) is 12.1 Å². The summed E-state index contributed by atoms with van der Waals surface area (Å²) < 4.78 is 27.9. The van der Waals surface area contributed by atoms with E-state index in [0.717, 1.165) is 36.1 Å². The number of amides is 1. The Bertz CT molecular complexity index is 988. The van der Waals surface area contributed by atoms with Crippen LogP contribution in [0.4, 0.5) is 8.78 Å². The molecule has 0 N–H and O–H groups in total. The van der Waals surface area contributed by atoms with Gasteiger partial charge in [-0.2, -0.15) is 5.10 Å². The molecule has 0 saturated carbocycles. The molecule has 1 aromatic heterocycles. The Morgan fingerprint density at radius 1 is 1.00 bits per heavy atom. The second-order valence-corrected chi connectivity index (χ2v) is 7.61. The van der Waals surface area contributed by atoms with Gasteiger partial charge in [0.05, 0.1) is 5.69 Å². The van der Waals surface area contributed by atoms with Gasteiger partial charge in [0.25, 0.3) is 5.91 Å². The lowest BCUT2D eigenvalue weighted by atomic mass is 9.90. The molecule has 0 unspecified atom stereocenters. The van der Waals surface area contributed by atoms with Crippen LogP contribution in [0.3, 0.4) is 0 Å². The zero-order valence-corrected chi connectivity index (χ0v) is 16.3. The van der Waals surface area contributed by atoms with E-state index in [2.05, 4.69) is 5.10 Å². The van der Waals surface area contributed by atoms with E-state index in [1.54, 1.807) is 29.9 Å². The number of carbonyl (C=O) groups is 1. The van der Waals surface area contributed by atoms with Crippen LogP contribution in [0, 0.1) is 17.6 Å². The van der Waals surface area contributed by atoms with Crippen molar-refractivity contribution in [3.63, 3.8) is 0 Å². The first-order chi connectivity index (χ1) is 14.0. The van der Waals surface area contributed by atoms with E-state index in [-0.39, 0.29) is 17.5 Å². The van der Waals surface area contributed by atoms with Crippen LogP contribution in [0.15, 0.2) is 54.6 Å². The number of hydrogen-bond acceptors (Lipinski definition) is 2. The normalized spacial score (nSPS) is 14.9. The van der Waals surface area contributed by atoms with Crippen LogP contribution >= 0.6 is 0 Å². The molecule has 2 aromatic carbocycles. The van der Waals surface area contributed by atoms with Crippen LogP contribution in [-0.2, 0) is 13.5 Å². The fourth-order valence-electron chi connectivity index (χ4n) is 3.92. The number of aromatic nitrogens is 2. The topological polar surface area (TPSA) is 38.1 Å². The third-order valence-electron chi connectivity index (χ3n) is 5.58. The highest BCUT2D eigenvalue weighted by Crippen LogP contribution is 2.25. The van der Waals surface area contributed by atoms with E-state index < -0.39 is 0 Å². The summed E-state index contributed by atoms with van der Waals surface area (Å²) in [6.45, 7) is 1.38. The van der Waals surface area contributed by atoms with Crippen molar-refractivity contribution in [1.82, 2.24) is 14.7 Å². The maximum Gasteiger partial charge on any atom is 0.274 e. The van der Waals surface area contributed by atoms with E-state index in [9.17, 15) is 13.6 Å². The van der Waals surface area contributed by atoms with Crippen LogP contribution in [0.2, 0.25) is 0 Å². The molecule has 0 atom stereocenters. The molecule has 0 radical (unpaired) electrons. The predicted octanol–water partition coefficient (Wildman–Crippen LogP) is 4.46. The fourth-order valence-corrected chi connectivity index (χ4v) is 3.92. The van der Waals surface area contributed by atoms with Gasteiger partial charge in [-0.3, -0.25) is 9.48 Å². The number of hydrogen-bond donors (Lipinski definition) is 0. The summed E-state index contributed by atoms with van der Waals surface area (Å²) in [5.74, 6) is -0.0996. The highest BCUT2D eigenvalue weighted by atomic mass is 19.1. The molecule has 4 nitrogen and oxygen atoms in total. The van der Waals surface area contributed by atoms with Crippen molar-refractivity contribution in [2.75, 3.05) is 13.1 Å². The van der Waals surface area contributed by atoms with E-state index in [1.807, 2.05) is 17.0 Å². The number of halogens is 2. The number of likely N-dealkylation sites (tertiary alicyclic amines) is 1. The zero-order chi connectivity index (χ0) is 20.4. The molecule has 1 amide bonds.